The Hall–Kier alpha value is -3.85. The fourth-order valence-corrected chi connectivity index (χ4v) is 5.89. The number of alkyl halides is 5. The van der Waals surface area contributed by atoms with Crippen LogP contribution < -0.4 is 15.5 Å². The molecule has 1 saturated heterocycles. The molecule has 2 aliphatic rings. The maximum atomic E-state index is 14.0. The van der Waals surface area contributed by atoms with Crippen molar-refractivity contribution in [2.24, 2.45) is 17.8 Å². The number of aromatic nitrogens is 6. The Morgan fingerprint density at radius 2 is 1.95 bits per heavy atom. The van der Waals surface area contributed by atoms with Crippen molar-refractivity contribution in [2.45, 2.75) is 70.1 Å². The van der Waals surface area contributed by atoms with Gasteiger partial charge < -0.3 is 15.5 Å². The van der Waals surface area contributed by atoms with Gasteiger partial charge in [-0.05, 0) is 38.2 Å². The fraction of sp³-hybridized carbons (Fsp3) is 0.630. The largest absolute Gasteiger partial charge is 0.393 e. The van der Waals surface area contributed by atoms with Crippen molar-refractivity contribution in [1.82, 2.24) is 40.0 Å². The highest BCUT2D eigenvalue weighted by Crippen LogP contribution is 2.41. The number of imidazole rings is 1. The molecule has 5 rings (SSSR count). The van der Waals surface area contributed by atoms with Crippen molar-refractivity contribution in [2.75, 3.05) is 25.5 Å². The number of piperidine rings is 1. The van der Waals surface area contributed by atoms with Crippen LogP contribution in [-0.4, -0.2) is 73.9 Å². The number of anilines is 1. The lowest BCUT2D eigenvalue weighted by atomic mass is 9.81. The van der Waals surface area contributed by atoms with Crippen LogP contribution in [0.4, 0.5) is 27.8 Å². The van der Waals surface area contributed by atoms with Gasteiger partial charge in [-0.25, -0.2) is 18.3 Å². The molecule has 2 fully saturated rings. The quantitative estimate of drug-likeness (QED) is 0.374. The molecule has 3 atom stereocenters. The zero-order valence-corrected chi connectivity index (χ0v) is 24.0. The first-order valence-electron chi connectivity index (χ1n) is 14.2. The van der Waals surface area contributed by atoms with Crippen molar-refractivity contribution in [3.63, 3.8) is 0 Å². The summed E-state index contributed by atoms with van der Waals surface area (Å²) in [6.45, 7) is 1.83. The van der Waals surface area contributed by atoms with Crippen molar-refractivity contribution in [3.8, 4) is 0 Å². The van der Waals surface area contributed by atoms with Crippen molar-refractivity contribution in [3.05, 3.63) is 35.5 Å². The van der Waals surface area contributed by atoms with Gasteiger partial charge in [-0.15, -0.1) is 0 Å². The van der Waals surface area contributed by atoms with Crippen LogP contribution in [0.25, 0.3) is 5.78 Å². The molecule has 4 heterocycles. The number of halogens is 5. The average Bonchev–Trinajstić information content (AvgIpc) is 3.58. The third-order valence-corrected chi connectivity index (χ3v) is 8.26. The highest BCUT2D eigenvalue weighted by atomic mass is 19.4. The lowest BCUT2D eigenvalue weighted by Crippen LogP contribution is -2.47. The summed E-state index contributed by atoms with van der Waals surface area (Å²) < 4.78 is 71.2. The Morgan fingerprint density at radius 1 is 1.23 bits per heavy atom. The maximum absolute atomic E-state index is 14.0. The van der Waals surface area contributed by atoms with Gasteiger partial charge in [-0.3, -0.25) is 14.3 Å². The average molecular weight is 612 g/mol. The summed E-state index contributed by atoms with van der Waals surface area (Å²) in [7, 11) is 3.38. The van der Waals surface area contributed by atoms with Crippen LogP contribution in [0.3, 0.4) is 0 Å². The van der Waals surface area contributed by atoms with Crippen LogP contribution in [0.5, 0.6) is 0 Å². The van der Waals surface area contributed by atoms with E-state index in [1.165, 1.54) is 15.4 Å². The van der Waals surface area contributed by atoms with E-state index in [0.717, 1.165) is 0 Å². The third-order valence-electron chi connectivity index (χ3n) is 8.26. The number of hydrogen-bond acceptors (Lipinski definition) is 7. The zero-order chi connectivity index (χ0) is 31.1. The molecule has 0 bridgehead atoms. The Balaban J connectivity index is 1.48. The maximum Gasteiger partial charge on any atom is 0.393 e. The highest BCUT2D eigenvalue weighted by molar-refractivity contribution is 5.92. The van der Waals surface area contributed by atoms with Gasteiger partial charge in [0.15, 0.2) is 5.82 Å². The van der Waals surface area contributed by atoms with Gasteiger partial charge in [-0.1, -0.05) is 0 Å². The van der Waals surface area contributed by atoms with Crippen LogP contribution in [0.2, 0.25) is 0 Å². The predicted molar refractivity (Wildman–Crippen MR) is 144 cm³/mol. The van der Waals surface area contributed by atoms with E-state index in [1.807, 2.05) is 6.92 Å². The number of rotatable bonds is 8. The van der Waals surface area contributed by atoms with Gasteiger partial charge in [0.2, 0.25) is 11.8 Å². The Labute approximate surface area is 244 Å². The Kier molecular flexibility index (Phi) is 8.31. The summed E-state index contributed by atoms with van der Waals surface area (Å²) in [5.74, 6) is -6.18. The molecule has 0 radical (unpaired) electrons. The molecule has 234 valence electrons. The zero-order valence-electron chi connectivity index (χ0n) is 24.0. The summed E-state index contributed by atoms with van der Waals surface area (Å²) in [6, 6.07) is 0.827. The molecule has 0 aromatic carbocycles. The highest BCUT2D eigenvalue weighted by Gasteiger charge is 2.45. The predicted octanol–water partition coefficient (Wildman–Crippen LogP) is 3.56. The lowest BCUT2D eigenvalue weighted by Gasteiger charge is -2.33. The Morgan fingerprint density at radius 3 is 2.60 bits per heavy atom. The molecule has 1 saturated carbocycles. The first kappa shape index (κ1) is 30.6. The smallest absolute Gasteiger partial charge is 0.361 e. The van der Waals surface area contributed by atoms with Gasteiger partial charge in [0.1, 0.15) is 11.4 Å². The van der Waals surface area contributed by atoms with E-state index in [-0.39, 0.29) is 50.2 Å². The van der Waals surface area contributed by atoms with Crippen molar-refractivity contribution >= 4 is 23.4 Å². The number of aryl methyl sites for hydroxylation is 1. The van der Waals surface area contributed by atoms with Crippen LogP contribution in [0.1, 0.15) is 66.9 Å². The summed E-state index contributed by atoms with van der Waals surface area (Å²) in [5.41, 5.74) is 0.975. The molecule has 2 amide bonds. The molecule has 3 aromatic rings. The normalized spacial score (nSPS) is 21.9. The van der Waals surface area contributed by atoms with Gasteiger partial charge in [0.05, 0.1) is 23.9 Å². The van der Waals surface area contributed by atoms with Crippen LogP contribution in [0.15, 0.2) is 18.5 Å². The van der Waals surface area contributed by atoms with E-state index < -0.39 is 48.3 Å². The molecule has 11 nitrogen and oxygen atoms in total. The number of carbonyl (C=O) groups excluding carboxylic acids is 2. The second-order valence-electron chi connectivity index (χ2n) is 11.5. The van der Waals surface area contributed by atoms with Gasteiger partial charge in [-0.2, -0.15) is 28.4 Å². The second-order valence-corrected chi connectivity index (χ2v) is 11.5. The molecule has 1 unspecified atom stereocenters. The summed E-state index contributed by atoms with van der Waals surface area (Å²) in [5, 5.41) is 14.0. The minimum absolute atomic E-state index is 0.0821. The van der Waals surface area contributed by atoms with E-state index >= 15 is 0 Å². The molecular weight excluding hydrogens is 577 g/mol. The number of hydrogen-bond donors (Lipinski definition) is 2. The molecule has 1 aliphatic heterocycles. The molecule has 3 aromatic heterocycles. The minimum Gasteiger partial charge on any atom is -0.361 e. The van der Waals surface area contributed by atoms with Crippen molar-refractivity contribution < 1.29 is 31.5 Å². The summed E-state index contributed by atoms with van der Waals surface area (Å²) in [6.07, 6.45) is -2.18. The second kappa shape index (κ2) is 11.7. The van der Waals surface area contributed by atoms with Crippen LogP contribution in [0, 0.1) is 17.8 Å². The molecule has 43 heavy (non-hydrogen) atoms. The molecule has 2 N–H and O–H groups in total. The van der Waals surface area contributed by atoms with E-state index in [0.29, 0.717) is 29.4 Å². The number of amides is 2. The molecule has 0 spiro atoms. The van der Waals surface area contributed by atoms with E-state index in [4.69, 9.17) is 0 Å². The fourth-order valence-electron chi connectivity index (χ4n) is 5.89. The summed E-state index contributed by atoms with van der Waals surface area (Å²) >= 11 is 0. The molecular formula is C27H34F5N9O2. The first-order chi connectivity index (χ1) is 20.3. The summed E-state index contributed by atoms with van der Waals surface area (Å²) in [4.78, 5) is 36.6. The van der Waals surface area contributed by atoms with Gasteiger partial charge in [0.25, 0.3) is 11.7 Å². The number of carbonyl (C=O) groups is 2. The van der Waals surface area contributed by atoms with Crippen LogP contribution in [-0.2, 0) is 17.8 Å². The number of nitrogens with zero attached hydrogens (tertiary/aromatic N) is 7. The van der Waals surface area contributed by atoms with E-state index in [2.05, 4.69) is 30.8 Å². The van der Waals surface area contributed by atoms with E-state index in [9.17, 15) is 31.5 Å². The van der Waals surface area contributed by atoms with Gasteiger partial charge in [0, 0.05) is 58.6 Å². The lowest BCUT2D eigenvalue weighted by molar-refractivity contribution is -0.183. The standard InChI is InChI=1S/C27H34F5N9O2/c1-4-40-20(7-10-34-40)24(43)36-21(15-5-8-26(28,29)9-6-15)19-14-41-25(35-19)37-22(39(2)3)18(38-41)12-16-11-17(27(30,31)32)13-33-23(16)42/h7,10,14-17,21H,4-6,8-9,11-13H2,1-3H3,(H,33,42)(H,36,43)/t16?,17-,21+/m1/s1. The monoisotopic (exact) mass is 611 g/mol. The topological polar surface area (TPSA) is 122 Å². The first-order valence-corrected chi connectivity index (χ1v) is 14.2. The van der Waals surface area contributed by atoms with Crippen molar-refractivity contribution in [1.29, 1.82) is 0 Å². The Bertz CT molecular complexity index is 1480. The van der Waals surface area contributed by atoms with Gasteiger partial charge >= 0.3 is 6.18 Å². The van der Waals surface area contributed by atoms with Crippen LogP contribution >= 0.6 is 0 Å². The number of fused-ring (bicyclic) bond motifs is 1. The number of nitrogens with one attached hydrogen (secondary N) is 2. The van der Waals surface area contributed by atoms with E-state index in [1.54, 1.807) is 31.3 Å². The molecule has 1 aliphatic carbocycles. The SMILES string of the molecule is CCn1nccc1C(=O)N[C@H](c1cn2nc(CC3C[C@@H](C(F)(F)F)CNC3=O)c(N(C)C)nc2n1)C1CCC(F)(F)CC1. The third kappa shape index (κ3) is 6.56. The molecule has 16 heteroatoms. The minimum atomic E-state index is -4.44.